The predicted octanol–water partition coefficient (Wildman–Crippen LogP) is 1.42. The zero-order valence-electron chi connectivity index (χ0n) is 15.4. The van der Waals surface area contributed by atoms with Gasteiger partial charge in [-0.25, -0.2) is 0 Å². The standard InChI is InChI=1S/C19H18N4O5/c1-10-16(11(2)23(21-10)8-6-14(24)25)12-9-15(26)28-18-17(12)19(27)22-7-4-3-5-13(22)20-18/h3-5,7,12H,6,8-9H2,1-2H3,(H,24,25)/t12-/m1/s1. The number of nitrogens with zero attached hydrogens (tertiary/aromatic N) is 4. The lowest BCUT2D eigenvalue weighted by Gasteiger charge is -2.24. The predicted molar refractivity (Wildman–Crippen MR) is 97.5 cm³/mol. The van der Waals surface area contributed by atoms with E-state index in [2.05, 4.69) is 10.1 Å². The Labute approximate surface area is 159 Å². The van der Waals surface area contributed by atoms with Gasteiger partial charge in [-0.2, -0.15) is 10.1 Å². The number of ether oxygens (including phenoxy) is 1. The topological polar surface area (TPSA) is 116 Å². The first-order valence-corrected chi connectivity index (χ1v) is 8.84. The fraction of sp³-hybridized carbons (Fsp3) is 0.316. The SMILES string of the molecule is Cc1nn(CCC(=O)O)c(C)c1[C@H]1CC(=O)Oc2nc3ccccn3c(=O)c21. The molecule has 1 aliphatic heterocycles. The minimum absolute atomic E-state index is 0.00484. The highest BCUT2D eigenvalue weighted by Crippen LogP contribution is 2.38. The van der Waals surface area contributed by atoms with E-state index in [9.17, 15) is 14.4 Å². The Bertz CT molecular complexity index is 1180. The molecular weight excluding hydrogens is 364 g/mol. The van der Waals surface area contributed by atoms with E-state index < -0.39 is 17.9 Å². The molecule has 0 saturated carbocycles. The molecule has 0 aliphatic carbocycles. The van der Waals surface area contributed by atoms with Crippen LogP contribution in [0.3, 0.4) is 0 Å². The van der Waals surface area contributed by atoms with E-state index in [-0.39, 0.29) is 30.8 Å². The van der Waals surface area contributed by atoms with Gasteiger partial charge in [-0.05, 0) is 26.0 Å². The van der Waals surface area contributed by atoms with Crippen LogP contribution in [-0.4, -0.2) is 36.2 Å². The molecule has 0 aromatic carbocycles. The maximum Gasteiger partial charge on any atom is 0.313 e. The smallest absolute Gasteiger partial charge is 0.313 e. The molecule has 1 atom stereocenters. The minimum Gasteiger partial charge on any atom is -0.481 e. The molecule has 9 heteroatoms. The average molecular weight is 382 g/mol. The normalized spacial score (nSPS) is 16.1. The van der Waals surface area contributed by atoms with Crippen molar-refractivity contribution in [2.75, 3.05) is 0 Å². The molecule has 0 saturated heterocycles. The van der Waals surface area contributed by atoms with E-state index in [0.29, 0.717) is 16.9 Å². The fourth-order valence-corrected chi connectivity index (χ4v) is 3.76. The summed E-state index contributed by atoms with van der Waals surface area (Å²) in [6.07, 6.45) is 1.54. The number of pyridine rings is 1. The van der Waals surface area contributed by atoms with Gasteiger partial charge in [0.2, 0.25) is 5.88 Å². The summed E-state index contributed by atoms with van der Waals surface area (Å²) in [7, 11) is 0. The van der Waals surface area contributed by atoms with E-state index >= 15 is 0 Å². The van der Waals surface area contributed by atoms with Crippen LogP contribution in [-0.2, 0) is 16.1 Å². The van der Waals surface area contributed by atoms with Gasteiger partial charge in [0.25, 0.3) is 5.56 Å². The van der Waals surface area contributed by atoms with Crippen LogP contribution < -0.4 is 10.3 Å². The Morgan fingerprint density at radius 3 is 2.82 bits per heavy atom. The molecule has 0 amide bonds. The van der Waals surface area contributed by atoms with Gasteiger partial charge >= 0.3 is 11.9 Å². The number of aryl methyl sites for hydroxylation is 2. The van der Waals surface area contributed by atoms with Crippen molar-refractivity contribution in [2.24, 2.45) is 0 Å². The summed E-state index contributed by atoms with van der Waals surface area (Å²) < 4.78 is 8.29. The molecule has 1 N–H and O–H groups in total. The molecule has 0 spiro atoms. The lowest BCUT2D eigenvalue weighted by molar-refractivity contribution is -0.137. The number of esters is 1. The Hall–Kier alpha value is -3.49. The summed E-state index contributed by atoms with van der Waals surface area (Å²) in [5.74, 6) is -1.92. The number of carboxylic acid groups (broad SMARTS) is 1. The molecule has 3 aromatic rings. The number of aliphatic carboxylic acids is 1. The van der Waals surface area contributed by atoms with Crippen molar-refractivity contribution in [1.82, 2.24) is 19.2 Å². The van der Waals surface area contributed by atoms with Crippen LogP contribution in [0.25, 0.3) is 5.65 Å². The van der Waals surface area contributed by atoms with E-state index in [1.54, 1.807) is 36.0 Å². The lowest BCUT2D eigenvalue weighted by atomic mass is 9.87. The second kappa shape index (κ2) is 6.59. The van der Waals surface area contributed by atoms with E-state index in [0.717, 1.165) is 11.3 Å². The monoisotopic (exact) mass is 382 g/mol. The Morgan fingerprint density at radius 1 is 1.29 bits per heavy atom. The molecule has 0 fully saturated rings. The number of hydrogen-bond acceptors (Lipinski definition) is 6. The van der Waals surface area contributed by atoms with E-state index in [1.165, 1.54) is 4.40 Å². The second-order valence-electron chi connectivity index (χ2n) is 6.75. The number of fused-ring (bicyclic) bond motifs is 2. The maximum absolute atomic E-state index is 13.1. The van der Waals surface area contributed by atoms with Gasteiger partial charge in [0.05, 0.1) is 30.6 Å². The molecule has 3 aromatic heterocycles. The van der Waals surface area contributed by atoms with E-state index in [4.69, 9.17) is 9.84 Å². The highest BCUT2D eigenvalue weighted by molar-refractivity contribution is 5.77. The molecule has 0 unspecified atom stereocenters. The molecule has 0 bridgehead atoms. The first-order chi connectivity index (χ1) is 13.4. The fourth-order valence-electron chi connectivity index (χ4n) is 3.76. The largest absolute Gasteiger partial charge is 0.481 e. The quantitative estimate of drug-likeness (QED) is 0.679. The molecule has 144 valence electrons. The Balaban J connectivity index is 1.89. The molecule has 4 rings (SSSR count). The van der Waals surface area contributed by atoms with E-state index in [1.807, 2.05) is 6.92 Å². The Morgan fingerprint density at radius 2 is 2.07 bits per heavy atom. The van der Waals surface area contributed by atoms with Gasteiger partial charge in [0.1, 0.15) is 5.65 Å². The van der Waals surface area contributed by atoms with Crippen molar-refractivity contribution in [2.45, 2.75) is 39.2 Å². The van der Waals surface area contributed by atoms with Gasteiger partial charge in [0, 0.05) is 23.4 Å². The molecular formula is C19H18N4O5. The summed E-state index contributed by atoms with van der Waals surface area (Å²) in [5.41, 5.74) is 2.51. The summed E-state index contributed by atoms with van der Waals surface area (Å²) in [6.45, 7) is 3.80. The van der Waals surface area contributed by atoms with Gasteiger partial charge in [-0.3, -0.25) is 23.5 Å². The molecule has 4 heterocycles. The van der Waals surface area contributed by atoms with Crippen molar-refractivity contribution in [1.29, 1.82) is 0 Å². The number of hydrogen-bond donors (Lipinski definition) is 1. The van der Waals surface area contributed by atoms with Crippen molar-refractivity contribution in [3.8, 4) is 5.88 Å². The zero-order valence-corrected chi connectivity index (χ0v) is 15.4. The van der Waals surface area contributed by atoms with Crippen molar-refractivity contribution < 1.29 is 19.4 Å². The van der Waals surface area contributed by atoms with Gasteiger partial charge in [-0.1, -0.05) is 6.07 Å². The van der Waals surface area contributed by atoms with Crippen LogP contribution in [0.1, 0.15) is 41.3 Å². The van der Waals surface area contributed by atoms with Crippen LogP contribution in [0, 0.1) is 13.8 Å². The van der Waals surface area contributed by atoms with Crippen molar-refractivity contribution in [3.63, 3.8) is 0 Å². The third-order valence-electron chi connectivity index (χ3n) is 4.99. The first-order valence-electron chi connectivity index (χ1n) is 8.84. The lowest BCUT2D eigenvalue weighted by Crippen LogP contribution is -2.31. The van der Waals surface area contributed by atoms with Crippen LogP contribution >= 0.6 is 0 Å². The van der Waals surface area contributed by atoms with Gasteiger partial charge in [0.15, 0.2) is 0 Å². The van der Waals surface area contributed by atoms with Crippen molar-refractivity contribution >= 4 is 17.6 Å². The third-order valence-corrected chi connectivity index (χ3v) is 4.99. The van der Waals surface area contributed by atoms with Gasteiger partial charge in [-0.15, -0.1) is 0 Å². The molecule has 1 aliphatic rings. The highest BCUT2D eigenvalue weighted by Gasteiger charge is 2.36. The average Bonchev–Trinajstić information content (AvgIpc) is 2.92. The maximum atomic E-state index is 13.1. The number of rotatable bonds is 4. The summed E-state index contributed by atoms with van der Waals surface area (Å²) in [4.78, 5) is 40.6. The Kier molecular flexibility index (Phi) is 4.21. The van der Waals surface area contributed by atoms with Crippen LogP contribution in [0.15, 0.2) is 29.2 Å². The summed E-state index contributed by atoms with van der Waals surface area (Å²) >= 11 is 0. The molecule has 0 radical (unpaired) electrons. The number of aromatic nitrogens is 4. The highest BCUT2D eigenvalue weighted by atomic mass is 16.5. The minimum atomic E-state index is -0.922. The van der Waals surface area contributed by atoms with Crippen LogP contribution in [0.5, 0.6) is 5.88 Å². The number of carboxylic acids is 1. The van der Waals surface area contributed by atoms with Gasteiger partial charge < -0.3 is 9.84 Å². The molecule has 28 heavy (non-hydrogen) atoms. The first kappa shape index (κ1) is 17.9. The summed E-state index contributed by atoms with van der Waals surface area (Å²) in [6, 6.07) is 5.14. The molecule has 9 nitrogen and oxygen atoms in total. The van der Waals surface area contributed by atoms with Crippen molar-refractivity contribution in [3.05, 3.63) is 57.3 Å². The third kappa shape index (κ3) is 2.84. The van der Waals surface area contributed by atoms with Crippen LogP contribution in [0.2, 0.25) is 0 Å². The number of carbonyl (C=O) groups is 2. The number of carbonyl (C=O) groups excluding carboxylic acids is 1. The zero-order chi connectivity index (χ0) is 20.0. The summed E-state index contributed by atoms with van der Waals surface area (Å²) in [5, 5.41) is 13.4. The second-order valence-corrected chi connectivity index (χ2v) is 6.75. The van der Waals surface area contributed by atoms with Crippen LogP contribution in [0.4, 0.5) is 0 Å².